The fourth-order valence-corrected chi connectivity index (χ4v) is 0.966. The van der Waals surface area contributed by atoms with Crippen molar-refractivity contribution in [3.63, 3.8) is 0 Å². The van der Waals surface area contributed by atoms with Gasteiger partial charge in [-0.15, -0.1) is 0 Å². The monoisotopic (exact) mass is 180 g/mol. The van der Waals surface area contributed by atoms with Crippen molar-refractivity contribution in [3.8, 4) is 5.75 Å². The lowest BCUT2D eigenvalue weighted by Crippen LogP contribution is -2.07. The zero-order chi connectivity index (χ0) is 9.68. The van der Waals surface area contributed by atoms with Crippen LogP contribution in [0.2, 0.25) is 0 Å². The number of aromatic nitrogens is 1. The number of hydrogen-bond donors (Lipinski definition) is 1. The quantitative estimate of drug-likeness (QED) is 0.769. The van der Waals surface area contributed by atoms with Gasteiger partial charge in [-0.05, 0) is 25.5 Å². The highest BCUT2D eigenvalue weighted by Crippen LogP contribution is 2.12. The average Bonchev–Trinajstić information content (AvgIpc) is 2.15. The zero-order valence-corrected chi connectivity index (χ0v) is 8.16. The zero-order valence-electron chi connectivity index (χ0n) is 8.16. The second-order valence-corrected chi connectivity index (χ2v) is 3.06. The molecule has 0 aliphatic carbocycles. The number of hydrogen-bond acceptors (Lipinski definition) is 3. The van der Waals surface area contributed by atoms with Crippen molar-refractivity contribution < 1.29 is 4.74 Å². The molecule has 3 nitrogen and oxygen atoms in total. The molecule has 3 heteroatoms. The van der Waals surface area contributed by atoms with Crippen molar-refractivity contribution in [1.29, 1.82) is 0 Å². The number of pyridine rings is 1. The van der Waals surface area contributed by atoms with E-state index in [2.05, 4.69) is 11.9 Å². The van der Waals surface area contributed by atoms with E-state index < -0.39 is 0 Å². The molecule has 0 radical (unpaired) electrons. The van der Waals surface area contributed by atoms with E-state index in [1.54, 1.807) is 6.20 Å². The van der Waals surface area contributed by atoms with E-state index in [-0.39, 0.29) is 6.04 Å². The van der Waals surface area contributed by atoms with Gasteiger partial charge < -0.3 is 10.5 Å². The summed E-state index contributed by atoms with van der Waals surface area (Å²) >= 11 is 0. The predicted molar refractivity (Wildman–Crippen MR) is 52.6 cm³/mol. The van der Waals surface area contributed by atoms with E-state index in [0.717, 1.165) is 24.5 Å². The smallest absolute Gasteiger partial charge is 0.137 e. The molecule has 0 aliphatic rings. The van der Waals surface area contributed by atoms with Crippen LogP contribution in [0.4, 0.5) is 0 Å². The Morgan fingerprint density at radius 2 is 2.31 bits per heavy atom. The summed E-state index contributed by atoms with van der Waals surface area (Å²) in [5.74, 6) is 0.811. The van der Waals surface area contributed by atoms with Crippen molar-refractivity contribution >= 4 is 0 Å². The van der Waals surface area contributed by atoms with Crippen molar-refractivity contribution in [2.75, 3.05) is 6.61 Å². The van der Waals surface area contributed by atoms with Gasteiger partial charge >= 0.3 is 0 Å². The normalized spacial score (nSPS) is 12.5. The summed E-state index contributed by atoms with van der Waals surface area (Å²) in [6.07, 6.45) is 2.73. The Labute approximate surface area is 78.9 Å². The molecule has 0 spiro atoms. The topological polar surface area (TPSA) is 48.1 Å². The Morgan fingerprint density at radius 3 is 2.77 bits per heavy atom. The van der Waals surface area contributed by atoms with Crippen LogP contribution in [0.1, 0.15) is 32.0 Å². The Hall–Kier alpha value is -1.09. The van der Waals surface area contributed by atoms with Crippen LogP contribution in [0.5, 0.6) is 5.75 Å². The van der Waals surface area contributed by atoms with Crippen LogP contribution < -0.4 is 10.5 Å². The van der Waals surface area contributed by atoms with E-state index in [1.807, 2.05) is 19.1 Å². The van der Waals surface area contributed by atoms with Crippen molar-refractivity contribution in [3.05, 3.63) is 24.0 Å². The van der Waals surface area contributed by atoms with Gasteiger partial charge in [0.25, 0.3) is 0 Å². The molecule has 1 rings (SSSR count). The second-order valence-electron chi connectivity index (χ2n) is 3.06. The Bertz CT molecular complexity index is 244. The third-order valence-electron chi connectivity index (χ3n) is 1.70. The maximum Gasteiger partial charge on any atom is 0.137 e. The second kappa shape index (κ2) is 4.82. The van der Waals surface area contributed by atoms with Crippen molar-refractivity contribution in [2.24, 2.45) is 5.73 Å². The molecule has 0 aromatic carbocycles. The minimum atomic E-state index is -0.0137. The molecule has 2 N–H and O–H groups in total. The molecule has 0 saturated carbocycles. The van der Waals surface area contributed by atoms with E-state index >= 15 is 0 Å². The fraction of sp³-hybridized carbons (Fsp3) is 0.500. The highest BCUT2D eigenvalue weighted by Gasteiger charge is 2.00. The molecule has 0 bridgehead atoms. The van der Waals surface area contributed by atoms with Gasteiger partial charge in [0.05, 0.1) is 18.5 Å². The lowest BCUT2D eigenvalue weighted by Gasteiger charge is -2.06. The highest BCUT2D eigenvalue weighted by atomic mass is 16.5. The molecule has 0 amide bonds. The van der Waals surface area contributed by atoms with Crippen LogP contribution in [0.3, 0.4) is 0 Å². The van der Waals surface area contributed by atoms with Crippen LogP contribution in [-0.2, 0) is 0 Å². The van der Waals surface area contributed by atoms with Crippen molar-refractivity contribution in [1.82, 2.24) is 4.98 Å². The number of ether oxygens (including phenoxy) is 1. The highest BCUT2D eigenvalue weighted by molar-refractivity contribution is 5.20. The molecule has 1 atom stereocenters. The standard InChI is InChI=1S/C10H16N2O/c1-3-6-13-9-4-5-10(8(2)11)12-7-9/h4-5,7-8H,3,6,11H2,1-2H3. The van der Waals surface area contributed by atoms with Crippen LogP contribution in [0.15, 0.2) is 18.3 Å². The summed E-state index contributed by atoms with van der Waals surface area (Å²) in [6.45, 7) is 4.72. The third-order valence-corrected chi connectivity index (χ3v) is 1.70. The summed E-state index contributed by atoms with van der Waals surface area (Å²) in [5, 5.41) is 0. The summed E-state index contributed by atoms with van der Waals surface area (Å²) in [5.41, 5.74) is 6.55. The van der Waals surface area contributed by atoms with Gasteiger partial charge in [-0.3, -0.25) is 4.98 Å². The van der Waals surface area contributed by atoms with Gasteiger partial charge in [0, 0.05) is 6.04 Å². The first-order chi connectivity index (χ1) is 6.24. The Morgan fingerprint density at radius 1 is 1.54 bits per heavy atom. The lowest BCUT2D eigenvalue weighted by atomic mass is 10.2. The largest absolute Gasteiger partial charge is 0.492 e. The van der Waals surface area contributed by atoms with E-state index in [0.29, 0.717) is 0 Å². The maximum atomic E-state index is 5.66. The number of rotatable bonds is 4. The first-order valence-electron chi connectivity index (χ1n) is 4.58. The van der Waals surface area contributed by atoms with E-state index in [4.69, 9.17) is 10.5 Å². The number of nitrogens with two attached hydrogens (primary N) is 1. The van der Waals surface area contributed by atoms with Gasteiger partial charge in [-0.25, -0.2) is 0 Å². The van der Waals surface area contributed by atoms with Gasteiger partial charge in [-0.1, -0.05) is 6.92 Å². The molecular formula is C10H16N2O. The molecule has 0 saturated heterocycles. The third kappa shape index (κ3) is 3.03. The molecule has 0 fully saturated rings. The summed E-state index contributed by atoms with van der Waals surface area (Å²) in [6, 6.07) is 3.79. The average molecular weight is 180 g/mol. The lowest BCUT2D eigenvalue weighted by molar-refractivity contribution is 0.316. The van der Waals surface area contributed by atoms with E-state index in [1.165, 1.54) is 0 Å². The molecule has 1 unspecified atom stereocenters. The van der Waals surface area contributed by atoms with Gasteiger partial charge in [0.2, 0.25) is 0 Å². The molecule has 1 aromatic rings. The van der Waals surface area contributed by atoms with Crippen LogP contribution in [0.25, 0.3) is 0 Å². The Kier molecular flexibility index (Phi) is 3.71. The van der Waals surface area contributed by atoms with Crippen LogP contribution >= 0.6 is 0 Å². The molecule has 72 valence electrons. The molecule has 0 aliphatic heterocycles. The molecular weight excluding hydrogens is 164 g/mol. The van der Waals surface area contributed by atoms with Crippen LogP contribution in [-0.4, -0.2) is 11.6 Å². The van der Waals surface area contributed by atoms with Gasteiger partial charge in [0.1, 0.15) is 5.75 Å². The summed E-state index contributed by atoms with van der Waals surface area (Å²) in [4.78, 5) is 4.18. The Balaban J connectivity index is 2.59. The van der Waals surface area contributed by atoms with Gasteiger partial charge in [0.15, 0.2) is 0 Å². The summed E-state index contributed by atoms with van der Waals surface area (Å²) < 4.78 is 5.39. The maximum absolute atomic E-state index is 5.66. The first kappa shape index (κ1) is 9.99. The number of nitrogens with zero attached hydrogens (tertiary/aromatic N) is 1. The first-order valence-corrected chi connectivity index (χ1v) is 4.58. The molecule has 13 heavy (non-hydrogen) atoms. The van der Waals surface area contributed by atoms with Crippen LogP contribution in [0, 0.1) is 0 Å². The molecule has 1 heterocycles. The summed E-state index contributed by atoms with van der Waals surface area (Å²) in [7, 11) is 0. The van der Waals surface area contributed by atoms with Gasteiger partial charge in [-0.2, -0.15) is 0 Å². The minimum absolute atomic E-state index is 0.0137. The minimum Gasteiger partial charge on any atom is -0.492 e. The molecule has 1 aromatic heterocycles. The SMILES string of the molecule is CCCOc1ccc(C(C)N)nc1. The predicted octanol–water partition coefficient (Wildman–Crippen LogP) is 1.89. The van der Waals surface area contributed by atoms with E-state index in [9.17, 15) is 0 Å². The fourth-order valence-electron chi connectivity index (χ4n) is 0.966. The van der Waals surface area contributed by atoms with Crippen molar-refractivity contribution in [2.45, 2.75) is 26.3 Å².